The van der Waals surface area contributed by atoms with Gasteiger partial charge in [0.15, 0.2) is 0 Å². The molecule has 0 saturated heterocycles. The van der Waals surface area contributed by atoms with Crippen LogP contribution in [0.4, 0.5) is 5.69 Å². The van der Waals surface area contributed by atoms with Crippen LogP contribution in [0, 0.1) is 6.92 Å². The van der Waals surface area contributed by atoms with Crippen LogP contribution in [0.15, 0.2) is 29.3 Å². The van der Waals surface area contributed by atoms with Gasteiger partial charge in [-0.1, -0.05) is 17.7 Å². The maximum atomic E-state index is 12.2. The van der Waals surface area contributed by atoms with Crippen molar-refractivity contribution in [2.24, 2.45) is 4.99 Å². The number of methoxy groups -OCH3 is 1. The van der Waals surface area contributed by atoms with Gasteiger partial charge in [0.25, 0.3) is 0 Å². The van der Waals surface area contributed by atoms with Crippen molar-refractivity contribution in [1.29, 1.82) is 0 Å². The van der Waals surface area contributed by atoms with E-state index in [1.165, 1.54) is 7.11 Å². The first-order valence-electron chi connectivity index (χ1n) is 8.70. The quantitative estimate of drug-likeness (QED) is 0.301. The van der Waals surface area contributed by atoms with E-state index >= 15 is 0 Å². The summed E-state index contributed by atoms with van der Waals surface area (Å²) in [5.41, 5.74) is 5.16. The highest BCUT2D eigenvalue weighted by Gasteiger charge is 2.31. The van der Waals surface area contributed by atoms with Crippen molar-refractivity contribution in [1.82, 2.24) is 0 Å². The van der Waals surface area contributed by atoms with Crippen molar-refractivity contribution in [3.8, 4) is 0 Å². The van der Waals surface area contributed by atoms with Gasteiger partial charge in [0, 0.05) is 12.0 Å². The van der Waals surface area contributed by atoms with Gasteiger partial charge in [0.05, 0.1) is 18.4 Å². The fraction of sp³-hybridized carbons (Fsp3) is 0.381. The van der Waals surface area contributed by atoms with E-state index in [-0.39, 0.29) is 12.6 Å². The third kappa shape index (κ3) is 4.41. The summed E-state index contributed by atoms with van der Waals surface area (Å²) in [4.78, 5) is 38.3. The molecule has 0 aromatic heterocycles. The summed E-state index contributed by atoms with van der Waals surface area (Å²) in [5.74, 6) is -0.739. The fourth-order valence-electron chi connectivity index (χ4n) is 3.23. The van der Waals surface area contributed by atoms with Crippen LogP contribution in [0.2, 0.25) is 0 Å². The minimum Gasteiger partial charge on any atom is -0.469 e. The summed E-state index contributed by atoms with van der Waals surface area (Å²) in [7, 11) is 1.36. The molecule has 6 heteroatoms. The molecule has 0 amide bonds. The molecule has 0 N–H and O–H groups in total. The lowest BCUT2D eigenvalue weighted by atomic mass is 9.88. The number of ether oxygens (including phenoxy) is 2. The molecule has 0 unspecified atom stereocenters. The molecule has 1 aliphatic rings. The Kier molecular flexibility index (Phi) is 6.85. The van der Waals surface area contributed by atoms with Gasteiger partial charge in [-0.05, 0) is 49.8 Å². The molecule has 0 spiro atoms. The Morgan fingerprint density at radius 1 is 1.33 bits per heavy atom. The Bertz CT molecular complexity index is 860. The zero-order valence-electron chi connectivity index (χ0n) is 15.9. The molecule has 0 bridgehead atoms. The normalized spacial score (nSPS) is 12.9. The molecule has 1 aromatic rings. The number of hydrogen-bond acceptors (Lipinski definition) is 6. The number of allylic oxidation sites excluding steroid dienone is 3. The zero-order valence-corrected chi connectivity index (χ0v) is 15.9. The van der Waals surface area contributed by atoms with E-state index in [2.05, 4.69) is 16.3 Å². The molecule has 1 aromatic carbocycles. The minimum atomic E-state index is -0.472. The zero-order chi connectivity index (χ0) is 20.0. The lowest BCUT2D eigenvalue weighted by molar-refractivity contribution is -0.140. The number of nitrogens with zero attached hydrogens (tertiary/aromatic N) is 1. The second kappa shape index (κ2) is 9.10. The van der Waals surface area contributed by atoms with Crippen LogP contribution < -0.4 is 0 Å². The second-order valence-electron chi connectivity index (χ2n) is 6.39. The van der Waals surface area contributed by atoms with E-state index < -0.39 is 5.97 Å². The number of hydrogen-bond donors (Lipinski definition) is 0. The molecule has 0 atom stereocenters. The topological polar surface area (TPSA) is 82.0 Å². The molecule has 1 aliphatic heterocycles. The van der Waals surface area contributed by atoms with Crippen LogP contribution in [-0.2, 0) is 38.5 Å². The number of esters is 2. The first-order valence-corrected chi connectivity index (χ1v) is 8.70. The standard InChI is InChI=1S/C21H23NO5/c1-5-6-15-14(3)17-11-27-21(25)19(17)20(22-12-23)16(15)9-7-13(2)8-10-18(24)26-4/h5,7H,1,6,8-11H2,2-4H3. The van der Waals surface area contributed by atoms with Gasteiger partial charge in [0.2, 0.25) is 6.08 Å². The number of carbonyl (C=O) groups is 2. The number of isocyanates is 1. The molecule has 1 heterocycles. The highest BCUT2D eigenvalue weighted by molar-refractivity contribution is 6.00. The molecule has 0 fully saturated rings. The third-order valence-electron chi connectivity index (χ3n) is 4.76. The van der Waals surface area contributed by atoms with Gasteiger partial charge in [-0.25, -0.2) is 9.59 Å². The molecule has 2 rings (SSSR count). The number of cyclic esters (lactones) is 1. The van der Waals surface area contributed by atoms with Crippen molar-refractivity contribution in [3.05, 3.63) is 52.1 Å². The first kappa shape index (κ1) is 20.3. The summed E-state index contributed by atoms with van der Waals surface area (Å²) < 4.78 is 9.82. The second-order valence-corrected chi connectivity index (χ2v) is 6.39. The van der Waals surface area contributed by atoms with Crippen LogP contribution >= 0.6 is 0 Å². The van der Waals surface area contributed by atoms with Crippen LogP contribution in [0.1, 0.15) is 52.4 Å². The van der Waals surface area contributed by atoms with E-state index in [4.69, 9.17) is 4.74 Å². The van der Waals surface area contributed by atoms with E-state index in [0.717, 1.165) is 27.8 Å². The van der Waals surface area contributed by atoms with Crippen LogP contribution in [0.25, 0.3) is 0 Å². The van der Waals surface area contributed by atoms with E-state index in [0.29, 0.717) is 36.9 Å². The molecular formula is C21H23NO5. The summed E-state index contributed by atoms with van der Waals surface area (Å²) >= 11 is 0. The number of benzene rings is 1. The Hall–Kier alpha value is -2.98. The van der Waals surface area contributed by atoms with Gasteiger partial charge < -0.3 is 9.47 Å². The van der Waals surface area contributed by atoms with Crippen molar-refractivity contribution in [2.75, 3.05) is 7.11 Å². The van der Waals surface area contributed by atoms with Gasteiger partial charge in [-0.2, -0.15) is 4.99 Å². The minimum absolute atomic E-state index is 0.180. The Morgan fingerprint density at radius 3 is 2.70 bits per heavy atom. The summed E-state index contributed by atoms with van der Waals surface area (Å²) in [6.07, 6.45) is 7.23. The SMILES string of the molecule is C=CCc1c(C)c2c(c(N=C=O)c1CC=C(C)CCC(=O)OC)C(=O)OC2. The predicted octanol–water partition coefficient (Wildman–Crippen LogP) is 3.80. The summed E-state index contributed by atoms with van der Waals surface area (Å²) in [6.45, 7) is 7.84. The molecule has 0 aliphatic carbocycles. The highest BCUT2D eigenvalue weighted by Crippen LogP contribution is 2.39. The largest absolute Gasteiger partial charge is 0.469 e. The van der Waals surface area contributed by atoms with Crippen molar-refractivity contribution in [2.45, 2.75) is 46.1 Å². The number of fused-ring (bicyclic) bond motifs is 1. The van der Waals surface area contributed by atoms with Crippen molar-refractivity contribution >= 4 is 23.7 Å². The Balaban J connectivity index is 2.50. The first-order chi connectivity index (χ1) is 12.9. The predicted molar refractivity (Wildman–Crippen MR) is 101 cm³/mol. The van der Waals surface area contributed by atoms with Gasteiger partial charge in [-0.15, -0.1) is 6.58 Å². The summed E-state index contributed by atoms with van der Waals surface area (Å²) in [5, 5.41) is 0. The van der Waals surface area contributed by atoms with E-state index in [9.17, 15) is 14.4 Å². The van der Waals surface area contributed by atoms with Crippen LogP contribution in [-0.4, -0.2) is 25.1 Å². The third-order valence-corrected chi connectivity index (χ3v) is 4.76. The van der Waals surface area contributed by atoms with Gasteiger partial charge in [0.1, 0.15) is 6.61 Å². The average molecular weight is 369 g/mol. The van der Waals surface area contributed by atoms with Gasteiger partial charge in [-0.3, -0.25) is 4.79 Å². The molecule has 27 heavy (non-hydrogen) atoms. The van der Waals surface area contributed by atoms with Crippen molar-refractivity contribution < 1.29 is 23.9 Å². The number of aliphatic imine (C=N–C) groups is 1. The molecule has 142 valence electrons. The average Bonchev–Trinajstić information content (AvgIpc) is 3.04. The van der Waals surface area contributed by atoms with E-state index in [1.54, 1.807) is 12.2 Å². The molecule has 0 radical (unpaired) electrons. The monoisotopic (exact) mass is 369 g/mol. The lowest BCUT2D eigenvalue weighted by Crippen LogP contribution is -2.05. The van der Waals surface area contributed by atoms with E-state index in [1.807, 2.05) is 19.9 Å². The van der Waals surface area contributed by atoms with Crippen LogP contribution in [0.5, 0.6) is 0 Å². The maximum absolute atomic E-state index is 12.2. The molecular weight excluding hydrogens is 346 g/mol. The Morgan fingerprint density at radius 2 is 2.07 bits per heavy atom. The summed E-state index contributed by atoms with van der Waals surface area (Å²) in [6, 6.07) is 0. The maximum Gasteiger partial charge on any atom is 0.341 e. The Labute approximate surface area is 158 Å². The number of rotatable bonds is 8. The smallest absolute Gasteiger partial charge is 0.341 e. The lowest BCUT2D eigenvalue weighted by Gasteiger charge is -2.16. The van der Waals surface area contributed by atoms with Gasteiger partial charge >= 0.3 is 11.9 Å². The fourth-order valence-corrected chi connectivity index (χ4v) is 3.23. The van der Waals surface area contributed by atoms with Crippen molar-refractivity contribution in [3.63, 3.8) is 0 Å². The van der Waals surface area contributed by atoms with Crippen LogP contribution in [0.3, 0.4) is 0 Å². The highest BCUT2D eigenvalue weighted by atomic mass is 16.5. The molecule has 6 nitrogen and oxygen atoms in total. The number of carbonyl (C=O) groups excluding carboxylic acids is 3. The molecule has 0 saturated carbocycles.